The summed E-state index contributed by atoms with van der Waals surface area (Å²) < 4.78 is 0. The van der Waals surface area contributed by atoms with Crippen molar-refractivity contribution in [2.24, 2.45) is 0 Å². The maximum absolute atomic E-state index is 12.0. The minimum absolute atomic E-state index is 0.0378. The van der Waals surface area contributed by atoms with Crippen LogP contribution in [0, 0.1) is 10.1 Å². The Hall–Kier alpha value is -3.00. The molecule has 2 N–H and O–H groups in total. The highest BCUT2D eigenvalue weighted by Gasteiger charge is 2.18. The van der Waals surface area contributed by atoms with Crippen LogP contribution in [0.5, 0.6) is 0 Å². The van der Waals surface area contributed by atoms with Gasteiger partial charge >= 0.3 is 0 Å². The van der Waals surface area contributed by atoms with Crippen LogP contribution in [-0.4, -0.2) is 34.8 Å². The van der Waals surface area contributed by atoms with Crippen LogP contribution >= 0.6 is 11.6 Å². The second-order valence-electron chi connectivity index (χ2n) is 4.63. The van der Waals surface area contributed by atoms with Gasteiger partial charge in [0, 0.05) is 25.4 Å². The highest BCUT2D eigenvalue weighted by molar-refractivity contribution is 6.32. The molecule has 0 aliphatic rings. The smallest absolute Gasteiger partial charge is 0.282 e. The highest BCUT2D eigenvalue weighted by Crippen LogP contribution is 2.17. The Morgan fingerprint density at radius 1 is 1.04 bits per heavy atom. The third-order valence-electron chi connectivity index (χ3n) is 3.05. The number of para-hydroxylation sites is 1. The van der Waals surface area contributed by atoms with E-state index in [0.29, 0.717) is 0 Å². The van der Waals surface area contributed by atoms with E-state index in [0.717, 1.165) is 0 Å². The summed E-state index contributed by atoms with van der Waals surface area (Å²) in [6.45, 7) is 0.241. The van der Waals surface area contributed by atoms with Gasteiger partial charge in [0.2, 0.25) is 0 Å². The summed E-state index contributed by atoms with van der Waals surface area (Å²) in [6, 6.07) is 8.73. The summed E-state index contributed by atoms with van der Waals surface area (Å²) >= 11 is 5.80. The number of carbonyl (C=O) groups excluding carboxylic acids is 2. The number of nitrogens with one attached hydrogen (secondary N) is 2. The molecular weight excluding hydrogens is 336 g/mol. The van der Waals surface area contributed by atoms with Gasteiger partial charge in [0.25, 0.3) is 17.5 Å². The van der Waals surface area contributed by atoms with E-state index in [1.54, 1.807) is 6.07 Å². The van der Waals surface area contributed by atoms with Crippen molar-refractivity contribution in [3.05, 3.63) is 69.0 Å². The zero-order valence-corrected chi connectivity index (χ0v) is 13.1. The van der Waals surface area contributed by atoms with Gasteiger partial charge in [0.05, 0.1) is 10.5 Å². The van der Waals surface area contributed by atoms with E-state index in [4.69, 9.17) is 11.6 Å². The van der Waals surface area contributed by atoms with E-state index in [-0.39, 0.29) is 35.1 Å². The summed E-state index contributed by atoms with van der Waals surface area (Å²) in [5.74, 6) is -1.01. The number of nitrogens with zero attached hydrogens (tertiary/aromatic N) is 2. The number of rotatable bonds is 6. The number of benzene rings is 1. The summed E-state index contributed by atoms with van der Waals surface area (Å²) in [7, 11) is 0. The second-order valence-corrected chi connectivity index (χ2v) is 4.99. The molecule has 1 aromatic heterocycles. The van der Waals surface area contributed by atoms with Crippen molar-refractivity contribution >= 4 is 29.1 Å². The van der Waals surface area contributed by atoms with Crippen molar-refractivity contribution in [1.82, 2.24) is 15.6 Å². The second kappa shape index (κ2) is 8.02. The fourth-order valence-corrected chi connectivity index (χ4v) is 2.13. The normalized spacial score (nSPS) is 10.0. The average molecular weight is 349 g/mol. The van der Waals surface area contributed by atoms with Gasteiger partial charge in [0.15, 0.2) is 0 Å². The Balaban J connectivity index is 1.87. The maximum Gasteiger partial charge on any atom is 0.282 e. The third kappa shape index (κ3) is 4.26. The fourth-order valence-electron chi connectivity index (χ4n) is 1.92. The van der Waals surface area contributed by atoms with Crippen LogP contribution in [0.4, 0.5) is 5.69 Å². The first-order valence-corrected chi connectivity index (χ1v) is 7.29. The fraction of sp³-hybridized carbons (Fsp3) is 0.133. The monoisotopic (exact) mass is 348 g/mol. The van der Waals surface area contributed by atoms with E-state index in [1.807, 2.05) is 0 Å². The molecule has 0 atom stereocenters. The average Bonchev–Trinajstić information content (AvgIpc) is 2.58. The molecule has 24 heavy (non-hydrogen) atoms. The van der Waals surface area contributed by atoms with Gasteiger partial charge in [0.1, 0.15) is 10.7 Å². The van der Waals surface area contributed by atoms with Crippen molar-refractivity contribution in [3.63, 3.8) is 0 Å². The van der Waals surface area contributed by atoms with Gasteiger partial charge < -0.3 is 10.6 Å². The van der Waals surface area contributed by atoms with Crippen LogP contribution in [0.1, 0.15) is 20.7 Å². The first-order valence-electron chi connectivity index (χ1n) is 6.91. The molecular formula is C15H13ClN4O4. The van der Waals surface area contributed by atoms with Crippen molar-refractivity contribution in [2.75, 3.05) is 13.1 Å². The number of nitro benzene ring substituents is 1. The van der Waals surface area contributed by atoms with Crippen LogP contribution in [0.15, 0.2) is 42.6 Å². The van der Waals surface area contributed by atoms with E-state index >= 15 is 0 Å². The number of amides is 2. The largest absolute Gasteiger partial charge is 0.350 e. The van der Waals surface area contributed by atoms with E-state index in [9.17, 15) is 19.7 Å². The zero-order chi connectivity index (χ0) is 17.5. The minimum atomic E-state index is -0.624. The van der Waals surface area contributed by atoms with Gasteiger partial charge in [-0.3, -0.25) is 19.7 Å². The molecule has 124 valence electrons. The van der Waals surface area contributed by atoms with Crippen LogP contribution < -0.4 is 10.6 Å². The minimum Gasteiger partial charge on any atom is -0.350 e. The van der Waals surface area contributed by atoms with Crippen LogP contribution in [0.25, 0.3) is 0 Å². The first kappa shape index (κ1) is 17.4. The summed E-state index contributed by atoms with van der Waals surface area (Å²) in [5, 5.41) is 16.0. The van der Waals surface area contributed by atoms with Crippen molar-refractivity contribution in [2.45, 2.75) is 0 Å². The Morgan fingerprint density at radius 3 is 2.25 bits per heavy atom. The lowest BCUT2D eigenvalue weighted by atomic mass is 10.1. The summed E-state index contributed by atoms with van der Waals surface area (Å²) in [4.78, 5) is 37.9. The van der Waals surface area contributed by atoms with Crippen molar-refractivity contribution in [1.29, 1.82) is 0 Å². The van der Waals surface area contributed by atoms with Crippen molar-refractivity contribution < 1.29 is 14.5 Å². The molecule has 2 aromatic rings. The highest BCUT2D eigenvalue weighted by atomic mass is 35.5. The Labute approximate surface area is 142 Å². The molecule has 0 aliphatic heterocycles. The molecule has 9 heteroatoms. The Morgan fingerprint density at radius 2 is 1.62 bits per heavy atom. The molecule has 1 heterocycles. The number of halogens is 1. The third-order valence-corrected chi connectivity index (χ3v) is 3.35. The predicted molar refractivity (Wildman–Crippen MR) is 87.0 cm³/mol. The molecule has 0 saturated carbocycles. The number of hydrogen-bond acceptors (Lipinski definition) is 5. The van der Waals surface area contributed by atoms with Gasteiger partial charge in [-0.1, -0.05) is 23.7 Å². The predicted octanol–water partition coefficient (Wildman–Crippen LogP) is 1.80. The van der Waals surface area contributed by atoms with Crippen molar-refractivity contribution in [3.8, 4) is 0 Å². The van der Waals surface area contributed by atoms with Gasteiger partial charge in [-0.25, -0.2) is 4.98 Å². The van der Waals surface area contributed by atoms with Crippen LogP contribution in [0.2, 0.25) is 5.15 Å². The number of carbonyl (C=O) groups is 2. The number of aromatic nitrogens is 1. The molecule has 0 bridgehead atoms. The van der Waals surface area contributed by atoms with Gasteiger partial charge in [-0.15, -0.1) is 0 Å². The van der Waals surface area contributed by atoms with Gasteiger partial charge in [-0.2, -0.15) is 0 Å². The molecule has 0 unspecified atom stereocenters. The molecule has 0 saturated heterocycles. The molecule has 0 spiro atoms. The molecule has 0 fully saturated rings. The SMILES string of the molecule is O=C(NCCNC(=O)c1cccnc1Cl)c1ccccc1[N+](=O)[O-]. The topological polar surface area (TPSA) is 114 Å². The molecule has 2 amide bonds. The van der Waals surface area contributed by atoms with Crippen LogP contribution in [-0.2, 0) is 0 Å². The van der Waals surface area contributed by atoms with Crippen LogP contribution in [0.3, 0.4) is 0 Å². The van der Waals surface area contributed by atoms with E-state index in [2.05, 4.69) is 15.6 Å². The first-order chi connectivity index (χ1) is 11.5. The standard InChI is InChI=1S/C15H13ClN4O4/c16-13-11(5-3-7-17-13)15(22)19-9-8-18-14(21)10-4-1-2-6-12(10)20(23)24/h1-7H,8-9H2,(H,18,21)(H,19,22). The van der Waals surface area contributed by atoms with Gasteiger partial charge in [-0.05, 0) is 18.2 Å². The maximum atomic E-state index is 12.0. The van der Waals surface area contributed by atoms with E-state index < -0.39 is 16.7 Å². The van der Waals surface area contributed by atoms with E-state index in [1.165, 1.54) is 36.5 Å². The number of nitro groups is 1. The summed E-state index contributed by atoms with van der Waals surface area (Å²) in [6.07, 6.45) is 1.46. The quantitative estimate of drug-likeness (QED) is 0.357. The Bertz CT molecular complexity index is 782. The molecule has 0 aliphatic carbocycles. The zero-order valence-electron chi connectivity index (χ0n) is 12.4. The lowest BCUT2D eigenvalue weighted by Crippen LogP contribution is -2.35. The number of hydrogen-bond donors (Lipinski definition) is 2. The molecule has 2 rings (SSSR count). The molecule has 8 nitrogen and oxygen atoms in total. The summed E-state index contributed by atoms with van der Waals surface area (Å²) in [5.41, 5.74) is -0.0884. The molecule has 0 radical (unpaired) electrons. The lowest BCUT2D eigenvalue weighted by Gasteiger charge is -2.08. The Kier molecular flexibility index (Phi) is 5.80. The number of pyridine rings is 1. The lowest BCUT2D eigenvalue weighted by molar-refractivity contribution is -0.385. The molecule has 1 aromatic carbocycles.